The van der Waals surface area contributed by atoms with Gasteiger partial charge in [0.15, 0.2) is 36.8 Å². The van der Waals surface area contributed by atoms with Crippen molar-refractivity contribution >= 4 is 17.9 Å². The summed E-state index contributed by atoms with van der Waals surface area (Å²) in [5.74, 6) is 1.37. The van der Waals surface area contributed by atoms with Gasteiger partial charge >= 0.3 is 17.9 Å². The fourth-order valence-corrected chi connectivity index (χ4v) is 7.26. The third-order valence-corrected chi connectivity index (χ3v) is 11.3. The first-order valence-electron chi connectivity index (χ1n) is 25.8. The van der Waals surface area contributed by atoms with Gasteiger partial charge in [-0.2, -0.15) is 0 Å². The van der Waals surface area contributed by atoms with Crippen LogP contribution in [0.3, 0.4) is 0 Å². The van der Waals surface area contributed by atoms with Crippen molar-refractivity contribution in [3.63, 3.8) is 0 Å². The van der Waals surface area contributed by atoms with Crippen molar-refractivity contribution in [2.45, 2.75) is 143 Å². The number of nitrogens with zero attached hydrogens (tertiary/aromatic N) is 6. The Bertz CT molecular complexity index is 2450. The van der Waals surface area contributed by atoms with Crippen LogP contribution in [-0.2, 0) is 38.4 Å². The first-order chi connectivity index (χ1) is 35.5. The SMILES string of the molecule is CCCCCCCCCCc1cnc(-c2ccc(OCC(=O)OCC)cc2)nc1.CCCCc1cnc(-c2ccc(OC(CCC)C(=O)O)cc2)nc1.CCCc1cnc(-c2ccc(OCC(=O)O)cc2)nc1. The molecule has 0 aliphatic heterocycles. The van der Waals surface area contributed by atoms with Crippen LogP contribution in [0.1, 0.15) is 135 Å². The quantitative estimate of drug-likeness (QED) is 0.0331. The zero-order chi connectivity index (χ0) is 52.5. The Hall–Kier alpha value is -7.29. The highest BCUT2D eigenvalue weighted by Crippen LogP contribution is 2.23. The number of carbonyl (C=O) groups excluding carboxylic acids is 1. The second-order valence-corrected chi connectivity index (χ2v) is 17.4. The van der Waals surface area contributed by atoms with Gasteiger partial charge in [0.25, 0.3) is 0 Å². The van der Waals surface area contributed by atoms with E-state index in [0.717, 1.165) is 72.8 Å². The molecule has 0 saturated heterocycles. The number of aromatic nitrogens is 6. The molecule has 3 heterocycles. The minimum atomic E-state index is -0.996. The van der Waals surface area contributed by atoms with E-state index in [9.17, 15) is 14.4 Å². The van der Waals surface area contributed by atoms with E-state index in [1.54, 1.807) is 31.2 Å². The van der Waals surface area contributed by atoms with Gasteiger partial charge in [-0.3, -0.25) is 0 Å². The average Bonchev–Trinajstić information content (AvgIpc) is 3.41. The van der Waals surface area contributed by atoms with E-state index in [-0.39, 0.29) is 19.2 Å². The van der Waals surface area contributed by atoms with E-state index >= 15 is 0 Å². The number of benzene rings is 3. The van der Waals surface area contributed by atoms with Crippen molar-refractivity contribution in [3.05, 3.63) is 127 Å². The van der Waals surface area contributed by atoms with Crippen LogP contribution in [0.25, 0.3) is 34.2 Å². The molecule has 15 nitrogen and oxygen atoms in total. The molecule has 390 valence electrons. The predicted molar refractivity (Wildman–Crippen MR) is 284 cm³/mol. The second kappa shape index (κ2) is 34.1. The number of carbonyl (C=O) groups is 3. The summed E-state index contributed by atoms with van der Waals surface area (Å²) < 4.78 is 20.9. The van der Waals surface area contributed by atoms with E-state index in [4.69, 9.17) is 29.2 Å². The Morgan fingerprint density at radius 2 is 0.849 bits per heavy atom. The number of aryl methyl sites for hydroxylation is 3. The van der Waals surface area contributed by atoms with Gasteiger partial charge in [-0.15, -0.1) is 0 Å². The Labute approximate surface area is 431 Å². The van der Waals surface area contributed by atoms with Crippen LogP contribution in [0.2, 0.25) is 0 Å². The summed E-state index contributed by atoms with van der Waals surface area (Å²) in [4.78, 5) is 59.3. The summed E-state index contributed by atoms with van der Waals surface area (Å²) >= 11 is 0. The lowest BCUT2D eigenvalue weighted by Gasteiger charge is -2.14. The molecule has 73 heavy (non-hydrogen) atoms. The third-order valence-electron chi connectivity index (χ3n) is 11.3. The number of esters is 1. The van der Waals surface area contributed by atoms with Gasteiger partial charge in [-0.05, 0) is 135 Å². The van der Waals surface area contributed by atoms with Crippen molar-refractivity contribution in [2.24, 2.45) is 0 Å². The number of hydrogen-bond donors (Lipinski definition) is 2. The fraction of sp³-hybridized carbons (Fsp3) is 0.431. The lowest BCUT2D eigenvalue weighted by atomic mass is 10.1. The standard InChI is InChI=1S/C24H34N2O3.C19H24N2O3.C15H16N2O3/c1-3-5-6-7-8-9-10-11-12-20-17-25-24(26-18-20)21-13-15-22(16-14-21)29-19-23(27)28-4-2;1-3-5-7-14-12-20-18(21-13-14)15-8-10-16(11-9-15)24-17(6-4-2)19(22)23;1-2-3-11-8-16-15(17-9-11)12-4-6-13(7-5-12)20-10-14(18)19/h13-18H,3-12,19H2,1-2H3;8-13,17H,3-7H2,1-2H3,(H,22,23);4-9H,2-3,10H2,1H3,(H,18,19). The highest BCUT2D eigenvalue weighted by Gasteiger charge is 2.18. The van der Waals surface area contributed by atoms with Gasteiger partial charge < -0.3 is 29.2 Å². The molecule has 0 amide bonds. The summed E-state index contributed by atoms with van der Waals surface area (Å²) in [6, 6.07) is 21.7. The smallest absolute Gasteiger partial charge is 0.344 e. The van der Waals surface area contributed by atoms with Crippen LogP contribution in [0.4, 0.5) is 0 Å². The second-order valence-electron chi connectivity index (χ2n) is 17.4. The lowest BCUT2D eigenvalue weighted by Crippen LogP contribution is -2.26. The minimum absolute atomic E-state index is 0.0862. The van der Waals surface area contributed by atoms with Gasteiger partial charge in [0.1, 0.15) is 17.2 Å². The van der Waals surface area contributed by atoms with E-state index in [2.05, 4.69) is 50.7 Å². The van der Waals surface area contributed by atoms with Crippen LogP contribution in [0.15, 0.2) is 110 Å². The van der Waals surface area contributed by atoms with Gasteiger partial charge in [0, 0.05) is 53.9 Å². The van der Waals surface area contributed by atoms with Gasteiger partial charge in [0.2, 0.25) is 0 Å². The number of carboxylic acids is 2. The molecule has 3 aromatic heterocycles. The van der Waals surface area contributed by atoms with Crippen LogP contribution < -0.4 is 14.2 Å². The maximum absolute atomic E-state index is 11.3. The van der Waals surface area contributed by atoms with E-state index in [1.165, 1.54) is 56.9 Å². The van der Waals surface area contributed by atoms with E-state index in [0.29, 0.717) is 47.7 Å². The number of ether oxygens (including phenoxy) is 4. The van der Waals surface area contributed by atoms with Gasteiger partial charge in [0.05, 0.1) is 6.61 Å². The summed E-state index contributed by atoms with van der Waals surface area (Å²) in [5, 5.41) is 17.7. The van der Waals surface area contributed by atoms with Gasteiger partial charge in [-0.1, -0.05) is 91.9 Å². The summed E-state index contributed by atoms with van der Waals surface area (Å²) in [6.07, 6.45) is 28.6. The highest BCUT2D eigenvalue weighted by atomic mass is 16.6. The first-order valence-corrected chi connectivity index (χ1v) is 25.8. The molecule has 6 aromatic rings. The molecule has 0 saturated carbocycles. The molecular formula is C58H74N6O9. The number of carboxylic acid groups (broad SMARTS) is 2. The summed E-state index contributed by atoms with van der Waals surface area (Å²) in [7, 11) is 0. The molecule has 0 aliphatic carbocycles. The minimum Gasteiger partial charge on any atom is -0.482 e. The zero-order valence-electron chi connectivity index (χ0n) is 43.3. The molecular weight excluding hydrogens is 925 g/mol. The maximum Gasteiger partial charge on any atom is 0.344 e. The van der Waals surface area contributed by atoms with Crippen molar-refractivity contribution in [3.8, 4) is 51.4 Å². The Balaban J connectivity index is 0.000000241. The third kappa shape index (κ3) is 22.8. The normalized spacial score (nSPS) is 11.0. The first kappa shape index (κ1) is 58.3. The van der Waals surface area contributed by atoms with Crippen LogP contribution >= 0.6 is 0 Å². The highest BCUT2D eigenvalue weighted by molar-refractivity contribution is 5.73. The Morgan fingerprint density at radius 1 is 0.452 bits per heavy atom. The maximum atomic E-state index is 11.3. The molecule has 0 radical (unpaired) electrons. The predicted octanol–water partition coefficient (Wildman–Crippen LogP) is 12.4. The van der Waals surface area contributed by atoms with Crippen molar-refractivity contribution in [2.75, 3.05) is 19.8 Å². The average molecular weight is 999 g/mol. The van der Waals surface area contributed by atoms with Crippen LogP contribution in [-0.4, -0.2) is 83.9 Å². The molecule has 6 rings (SSSR count). The monoisotopic (exact) mass is 999 g/mol. The number of rotatable bonds is 29. The summed E-state index contributed by atoms with van der Waals surface area (Å²) in [6.45, 7) is 10.2. The molecule has 0 bridgehead atoms. The fourth-order valence-electron chi connectivity index (χ4n) is 7.26. The molecule has 3 aromatic carbocycles. The lowest BCUT2D eigenvalue weighted by molar-refractivity contribution is -0.146. The van der Waals surface area contributed by atoms with Crippen molar-refractivity contribution in [1.29, 1.82) is 0 Å². The molecule has 1 unspecified atom stereocenters. The van der Waals surface area contributed by atoms with Crippen molar-refractivity contribution in [1.82, 2.24) is 29.9 Å². The van der Waals surface area contributed by atoms with E-state index in [1.807, 2.05) is 92.6 Å². The topological polar surface area (TPSA) is 206 Å². The number of unbranched alkanes of at least 4 members (excludes halogenated alkanes) is 8. The molecule has 1 atom stereocenters. The van der Waals surface area contributed by atoms with Gasteiger partial charge in [-0.25, -0.2) is 44.3 Å². The van der Waals surface area contributed by atoms with Crippen LogP contribution in [0, 0.1) is 0 Å². The molecule has 0 fully saturated rings. The molecule has 0 spiro atoms. The van der Waals surface area contributed by atoms with Crippen LogP contribution in [0.5, 0.6) is 17.2 Å². The molecule has 15 heteroatoms. The molecule has 2 N–H and O–H groups in total. The number of aliphatic carboxylic acids is 2. The number of hydrogen-bond acceptors (Lipinski definition) is 13. The largest absolute Gasteiger partial charge is 0.482 e. The Kier molecular flexibility index (Phi) is 27.3. The zero-order valence-corrected chi connectivity index (χ0v) is 43.3. The summed E-state index contributed by atoms with van der Waals surface area (Å²) in [5.41, 5.74) is 6.13. The molecule has 0 aliphatic rings. The van der Waals surface area contributed by atoms with E-state index < -0.39 is 18.0 Å². The Morgan fingerprint density at radius 3 is 1.25 bits per heavy atom. The van der Waals surface area contributed by atoms with Crippen molar-refractivity contribution < 1.29 is 43.5 Å².